The van der Waals surface area contributed by atoms with Gasteiger partial charge >= 0.3 is 6.03 Å². The molecule has 8 heteroatoms. The number of aryl methyl sites for hydroxylation is 1. The maximum Gasteiger partial charge on any atom is 0.322 e. The lowest BCUT2D eigenvalue weighted by atomic mass is 10.0. The summed E-state index contributed by atoms with van der Waals surface area (Å²) in [6.07, 6.45) is 2.03. The normalized spacial score (nSPS) is 14.4. The van der Waals surface area contributed by atoms with E-state index in [2.05, 4.69) is 40.2 Å². The summed E-state index contributed by atoms with van der Waals surface area (Å²) in [6.45, 7) is 2.31. The Morgan fingerprint density at radius 1 is 0.949 bits per heavy atom. The van der Waals surface area contributed by atoms with E-state index in [0.717, 1.165) is 39.7 Å². The van der Waals surface area contributed by atoms with Gasteiger partial charge in [-0.15, -0.1) is 0 Å². The highest BCUT2D eigenvalue weighted by Crippen LogP contribution is 2.39. The molecule has 2 amide bonds. The zero-order valence-electron chi connectivity index (χ0n) is 22.0. The van der Waals surface area contributed by atoms with Gasteiger partial charge in [0.15, 0.2) is 0 Å². The Balaban J connectivity index is 1.52. The van der Waals surface area contributed by atoms with Crippen LogP contribution in [0.15, 0.2) is 97.2 Å². The molecule has 5 aromatic rings. The van der Waals surface area contributed by atoms with Crippen LogP contribution in [0.3, 0.4) is 0 Å². The minimum absolute atomic E-state index is 0.282. The number of carbonyl (C=O) groups excluding carboxylic acids is 1. The van der Waals surface area contributed by atoms with Gasteiger partial charge < -0.3 is 19.7 Å². The second-order valence-electron chi connectivity index (χ2n) is 9.89. The molecule has 0 unspecified atom stereocenters. The molecule has 1 aliphatic heterocycles. The van der Waals surface area contributed by atoms with E-state index in [4.69, 9.17) is 5.10 Å². The third-order valence-corrected chi connectivity index (χ3v) is 7.17. The fourth-order valence-electron chi connectivity index (χ4n) is 5.18. The lowest BCUT2D eigenvalue weighted by molar-refractivity contribution is 0.194. The van der Waals surface area contributed by atoms with Crippen LogP contribution >= 0.6 is 0 Å². The highest BCUT2D eigenvalue weighted by Gasteiger charge is 2.36. The topological polar surface area (TPSA) is 58.3 Å². The molecular formula is C31H29FN6O. The zero-order valence-corrected chi connectivity index (χ0v) is 22.0. The maximum absolute atomic E-state index is 14.0. The van der Waals surface area contributed by atoms with E-state index in [1.165, 1.54) is 12.1 Å². The highest BCUT2D eigenvalue weighted by atomic mass is 19.1. The van der Waals surface area contributed by atoms with Crippen molar-refractivity contribution in [3.05, 3.63) is 126 Å². The maximum atomic E-state index is 14.0. The molecule has 0 fully saturated rings. The fourth-order valence-corrected chi connectivity index (χ4v) is 5.18. The molecule has 3 heterocycles. The smallest absolute Gasteiger partial charge is 0.322 e. The quantitative estimate of drug-likeness (QED) is 0.302. The number of rotatable bonds is 4. The van der Waals surface area contributed by atoms with Crippen molar-refractivity contribution < 1.29 is 9.18 Å². The number of hydrogen-bond donors (Lipinski definition) is 1. The van der Waals surface area contributed by atoms with Crippen LogP contribution in [0.25, 0.3) is 11.5 Å². The Hall–Kier alpha value is -4.85. The Morgan fingerprint density at radius 2 is 1.67 bits per heavy atom. The molecule has 0 saturated carbocycles. The van der Waals surface area contributed by atoms with Crippen molar-refractivity contribution in [3.8, 4) is 11.5 Å². The summed E-state index contributed by atoms with van der Waals surface area (Å²) in [4.78, 5) is 17.8. The van der Waals surface area contributed by atoms with Crippen LogP contribution in [0.4, 0.5) is 20.6 Å². The summed E-state index contributed by atoms with van der Waals surface area (Å²) in [6, 6.07) is 27.5. The van der Waals surface area contributed by atoms with Gasteiger partial charge in [0, 0.05) is 37.2 Å². The molecule has 39 heavy (non-hydrogen) atoms. The number of carbonyl (C=O) groups is 1. The molecule has 1 atom stereocenters. The summed E-state index contributed by atoms with van der Waals surface area (Å²) in [7, 11) is 4.01. The molecule has 0 spiro atoms. The molecule has 2 aromatic heterocycles. The monoisotopic (exact) mass is 520 g/mol. The van der Waals surface area contributed by atoms with Gasteiger partial charge in [0.25, 0.3) is 0 Å². The van der Waals surface area contributed by atoms with E-state index < -0.39 is 0 Å². The molecular weight excluding hydrogens is 491 g/mol. The van der Waals surface area contributed by atoms with E-state index >= 15 is 0 Å². The number of benzene rings is 3. The Bertz CT molecular complexity index is 1620. The number of fused-ring (bicyclic) bond motifs is 3. The number of amides is 2. The summed E-state index contributed by atoms with van der Waals surface area (Å²) < 4.78 is 17.6. The predicted molar refractivity (Wildman–Crippen MR) is 151 cm³/mol. The van der Waals surface area contributed by atoms with Crippen LogP contribution in [0.5, 0.6) is 0 Å². The summed E-state index contributed by atoms with van der Waals surface area (Å²) in [5.74, 6) is 0.554. The third kappa shape index (κ3) is 4.44. The largest absolute Gasteiger partial charge is 0.378 e. The van der Waals surface area contributed by atoms with Gasteiger partial charge in [-0.25, -0.2) is 13.9 Å². The molecule has 0 saturated heterocycles. The first kappa shape index (κ1) is 24.5. The van der Waals surface area contributed by atoms with Crippen molar-refractivity contribution >= 4 is 17.4 Å². The SMILES string of the molecule is Cc1nn(-c2ccccc2)c2c1CN(C(=O)Nc1ccc(F)cc1)[C@H](c1ccc(N(C)C)cc1)c1cccn1-2. The predicted octanol–water partition coefficient (Wildman–Crippen LogP) is 6.31. The number of halogens is 1. The van der Waals surface area contributed by atoms with E-state index in [0.29, 0.717) is 12.2 Å². The first-order chi connectivity index (χ1) is 18.9. The van der Waals surface area contributed by atoms with Crippen molar-refractivity contribution in [3.63, 3.8) is 0 Å². The van der Waals surface area contributed by atoms with Crippen molar-refractivity contribution in [1.82, 2.24) is 19.2 Å². The number of urea groups is 1. The fraction of sp³-hybridized carbons (Fsp3) is 0.161. The molecule has 0 radical (unpaired) electrons. The Morgan fingerprint density at radius 3 is 2.36 bits per heavy atom. The van der Waals surface area contributed by atoms with Crippen molar-refractivity contribution in [2.24, 2.45) is 0 Å². The molecule has 0 aliphatic carbocycles. The molecule has 6 rings (SSSR count). The molecule has 1 N–H and O–H groups in total. The van der Waals surface area contributed by atoms with Crippen LogP contribution < -0.4 is 10.2 Å². The van der Waals surface area contributed by atoms with E-state index in [1.54, 1.807) is 12.1 Å². The van der Waals surface area contributed by atoms with Crippen LogP contribution in [-0.2, 0) is 6.54 Å². The standard InChI is InChI=1S/C31H29FN6O/c1-21-27-20-37(31(39)33-24-15-13-23(32)14-16-24)29(22-11-17-25(18-12-22)35(2)3)28-10-7-19-36(28)30(27)38(34-21)26-8-5-4-6-9-26/h4-19,29H,20H2,1-3H3,(H,33,39)/t29-/m1/s1. The lowest BCUT2D eigenvalue weighted by Crippen LogP contribution is -2.38. The second-order valence-corrected chi connectivity index (χ2v) is 9.89. The number of nitrogens with zero attached hydrogens (tertiary/aromatic N) is 5. The number of para-hydroxylation sites is 1. The Labute approximate surface area is 226 Å². The van der Waals surface area contributed by atoms with Crippen LogP contribution in [0.2, 0.25) is 0 Å². The number of aromatic nitrogens is 3. The average molecular weight is 521 g/mol. The first-order valence-corrected chi connectivity index (χ1v) is 12.8. The molecule has 7 nitrogen and oxygen atoms in total. The van der Waals surface area contributed by atoms with Crippen molar-refractivity contribution in [2.45, 2.75) is 19.5 Å². The Kier molecular flexibility index (Phi) is 6.15. The van der Waals surface area contributed by atoms with Gasteiger partial charge in [0.05, 0.1) is 29.7 Å². The van der Waals surface area contributed by atoms with Crippen molar-refractivity contribution in [2.75, 3.05) is 24.3 Å². The molecule has 3 aromatic carbocycles. The van der Waals surface area contributed by atoms with E-state index in [-0.39, 0.29) is 17.9 Å². The van der Waals surface area contributed by atoms with Crippen LogP contribution in [0, 0.1) is 12.7 Å². The molecule has 1 aliphatic rings. The third-order valence-electron chi connectivity index (χ3n) is 7.17. The molecule has 0 bridgehead atoms. The average Bonchev–Trinajstić information content (AvgIpc) is 3.51. The minimum Gasteiger partial charge on any atom is -0.378 e. The van der Waals surface area contributed by atoms with Gasteiger partial charge in [0.2, 0.25) is 0 Å². The van der Waals surface area contributed by atoms with Crippen LogP contribution in [-0.4, -0.2) is 39.4 Å². The summed E-state index contributed by atoms with van der Waals surface area (Å²) >= 11 is 0. The highest BCUT2D eigenvalue weighted by molar-refractivity contribution is 5.90. The van der Waals surface area contributed by atoms with Crippen molar-refractivity contribution in [1.29, 1.82) is 0 Å². The first-order valence-electron chi connectivity index (χ1n) is 12.8. The van der Waals surface area contributed by atoms with Gasteiger partial charge in [-0.05, 0) is 73.2 Å². The number of hydrogen-bond acceptors (Lipinski definition) is 3. The van der Waals surface area contributed by atoms with Gasteiger partial charge in [-0.3, -0.25) is 0 Å². The zero-order chi connectivity index (χ0) is 27.1. The lowest BCUT2D eigenvalue weighted by Gasteiger charge is -2.31. The number of nitrogens with one attached hydrogen (secondary N) is 1. The van der Waals surface area contributed by atoms with Crippen LogP contribution in [0.1, 0.15) is 28.6 Å². The van der Waals surface area contributed by atoms with E-state index in [9.17, 15) is 9.18 Å². The second kappa shape index (κ2) is 9.79. The number of anilines is 2. The van der Waals surface area contributed by atoms with Gasteiger partial charge in [0.1, 0.15) is 11.6 Å². The minimum atomic E-state index is -0.382. The summed E-state index contributed by atoms with van der Waals surface area (Å²) in [5.41, 5.74) is 6.27. The summed E-state index contributed by atoms with van der Waals surface area (Å²) in [5, 5.41) is 7.87. The molecule has 196 valence electrons. The van der Waals surface area contributed by atoms with Gasteiger partial charge in [-0.2, -0.15) is 5.10 Å². The van der Waals surface area contributed by atoms with Gasteiger partial charge in [-0.1, -0.05) is 30.3 Å². The van der Waals surface area contributed by atoms with E-state index in [1.807, 2.05) is 78.1 Å².